The molecular weight excluding hydrogens is 486 g/mol. The third-order valence-corrected chi connectivity index (χ3v) is 6.92. The molecule has 1 unspecified atom stereocenters. The van der Waals surface area contributed by atoms with Crippen LogP contribution in [0.5, 0.6) is 0 Å². The van der Waals surface area contributed by atoms with E-state index >= 15 is 0 Å². The predicted molar refractivity (Wildman–Crippen MR) is 146 cm³/mol. The molecule has 1 aliphatic rings. The summed E-state index contributed by atoms with van der Waals surface area (Å²) in [6, 6.07) is 23.1. The number of anilines is 1. The maximum absolute atomic E-state index is 13.6. The first-order chi connectivity index (χ1) is 17.9. The molecule has 0 spiro atoms. The first kappa shape index (κ1) is 24.9. The molecule has 3 aromatic carbocycles. The molecule has 7 heteroatoms. The van der Waals surface area contributed by atoms with Gasteiger partial charge in [-0.1, -0.05) is 66.2 Å². The Morgan fingerprint density at radius 1 is 1.08 bits per heavy atom. The van der Waals surface area contributed by atoms with Crippen molar-refractivity contribution in [1.82, 2.24) is 9.88 Å². The van der Waals surface area contributed by atoms with Gasteiger partial charge in [-0.05, 0) is 43.2 Å². The van der Waals surface area contributed by atoms with Gasteiger partial charge in [-0.25, -0.2) is 4.79 Å². The van der Waals surface area contributed by atoms with Crippen LogP contribution < -0.4 is 5.32 Å². The highest BCUT2D eigenvalue weighted by Crippen LogP contribution is 2.30. The fourth-order valence-electron chi connectivity index (χ4n) is 4.69. The van der Waals surface area contributed by atoms with Crippen LogP contribution in [0.1, 0.15) is 39.7 Å². The maximum Gasteiger partial charge on any atom is 0.339 e. The fourth-order valence-corrected chi connectivity index (χ4v) is 4.86. The van der Waals surface area contributed by atoms with E-state index < -0.39 is 18.0 Å². The molecule has 6 nitrogen and oxygen atoms in total. The van der Waals surface area contributed by atoms with E-state index in [1.54, 1.807) is 19.1 Å². The smallest absolute Gasteiger partial charge is 0.339 e. The van der Waals surface area contributed by atoms with Crippen molar-refractivity contribution in [3.8, 4) is 0 Å². The molecule has 1 N–H and O–H groups in total. The van der Waals surface area contributed by atoms with Crippen molar-refractivity contribution < 1.29 is 14.3 Å². The number of esters is 1. The van der Waals surface area contributed by atoms with E-state index in [0.29, 0.717) is 22.8 Å². The number of aryl methyl sites for hydroxylation is 1. The number of hydrogen-bond acceptors (Lipinski definition) is 5. The van der Waals surface area contributed by atoms with E-state index in [0.717, 1.165) is 47.2 Å². The largest absolute Gasteiger partial charge is 0.449 e. The molecule has 0 radical (unpaired) electrons. The van der Waals surface area contributed by atoms with Crippen molar-refractivity contribution in [3.05, 3.63) is 106 Å². The van der Waals surface area contributed by atoms with E-state index in [9.17, 15) is 9.59 Å². The summed E-state index contributed by atoms with van der Waals surface area (Å²) in [7, 11) is 0. The van der Waals surface area contributed by atoms with Crippen molar-refractivity contribution in [2.24, 2.45) is 0 Å². The third kappa shape index (κ3) is 5.50. The Morgan fingerprint density at radius 3 is 2.65 bits per heavy atom. The summed E-state index contributed by atoms with van der Waals surface area (Å²) in [5.41, 5.74) is 5.66. The van der Waals surface area contributed by atoms with E-state index in [4.69, 9.17) is 21.3 Å². The average Bonchev–Trinajstić information content (AvgIpc) is 2.90. The molecule has 0 saturated heterocycles. The van der Waals surface area contributed by atoms with Gasteiger partial charge in [0.2, 0.25) is 0 Å². The molecule has 0 saturated carbocycles. The topological polar surface area (TPSA) is 71.5 Å². The van der Waals surface area contributed by atoms with Crippen LogP contribution in [0.3, 0.4) is 0 Å². The molecule has 5 rings (SSSR count). The fraction of sp³-hybridized carbons (Fsp3) is 0.233. The van der Waals surface area contributed by atoms with Crippen molar-refractivity contribution in [2.45, 2.75) is 39.5 Å². The number of amides is 1. The van der Waals surface area contributed by atoms with Crippen molar-refractivity contribution >= 4 is 40.1 Å². The summed E-state index contributed by atoms with van der Waals surface area (Å²) in [6.07, 6.45) is -0.269. The van der Waals surface area contributed by atoms with E-state index in [1.165, 1.54) is 5.56 Å². The molecule has 188 valence electrons. The SMILES string of the molecule is Cc1ccc(Cl)cc1NC(=O)C(C)OC(=O)c1c2c(nc3ccccc13)CCN(Cc1ccccc1)C2. The number of fused-ring (bicyclic) bond motifs is 2. The maximum atomic E-state index is 13.6. The molecule has 1 aromatic heterocycles. The number of carbonyl (C=O) groups excluding carboxylic acids is 2. The highest BCUT2D eigenvalue weighted by Gasteiger charge is 2.29. The predicted octanol–water partition coefficient (Wildman–Crippen LogP) is 5.94. The molecule has 4 aromatic rings. The van der Waals surface area contributed by atoms with Crippen LogP contribution in [0.25, 0.3) is 10.9 Å². The standard InChI is InChI=1S/C30H28ClN3O3/c1-19-12-13-22(31)16-27(19)33-29(35)20(2)37-30(36)28-23-10-6-7-11-25(23)32-26-14-15-34(18-24(26)28)17-21-8-4-3-5-9-21/h3-13,16,20H,14-15,17-18H2,1-2H3,(H,33,35). The number of para-hydroxylation sites is 1. The van der Waals surface area contributed by atoms with E-state index in [-0.39, 0.29) is 0 Å². The van der Waals surface area contributed by atoms with Gasteiger partial charge >= 0.3 is 5.97 Å². The van der Waals surface area contributed by atoms with Crippen LogP contribution in [0.4, 0.5) is 5.69 Å². The van der Waals surface area contributed by atoms with Crippen LogP contribution in [-0.4, -0.2) is 34.4 Å². The first-order valence-corrected chi connectivity index (χ1v) is 12.7. The minimum Gasteiger partial charge on any atom is -0.449 e. The number of ether oxygens (including phenoxy) is 1. The van der Waals surface area contributed by atoms with Crippen molar-refractivity contribution in [2.75, 3.05) is 11.9 Å². The Morgan fingerprint density at radius 2 is 1.84 bits per heavy atom. The molecule has 0 bridgehead atoms. The molecule has 1 amide bonds. The minimum atomic E-state index is -1.00. The Labute approximate surface area is 221 Å². The number of carbonyl (C=O) groups is 2. The lowest BCUT2D eigenvalue weighted by Gasteiger charge is -2.30. The van der Waals surface area contributed by atoms with Gasteiger partial charge in [-0.15, -0.1) is 0 Å². The second-order valence-corrected chi connectivity index (χ2v) is 9.81. The lowest BCUT2D eigenvalue weighted by Crippen LogP contribution is -2.34. The summed E-state index contributed by atoms with van der Waals surface area (Å²) in [5.74, 6) is -0.946. The molecule has 0 aliphatic carbocycles. The molecule has 37 heavy (non-hydrogen) atoms. The number of benzene rings is 3. The average molecular weight is 514 g/mol. The van der Waals surface area contributed by atoms with Crippen LogP contribution in [0, 0.1) is 6.92 Å². The highest BCUT2D eigenvalue weighted by atomic mass is 35.5. The zero-order valence-electron chi connectivity index (χ0n) is 20.8. The Hall–Kier alpha value is -3.74. The van der Waals surface area contributed by atoms with Gasteiger partial charge in [0.25, 0.3) is 5.91 Å². The van der Waals surface area contributed by atoms with Gasteiger partial charge in [-0.2, -0.15) is 0 Å². The molecular formula is C30H28ClN3O3. The number of hydrogen-bond donors (Lipinski definition) is 1. The number of halogens is 1. The minimum absolute atomic E-state index is 0.420. The molecule has 1 atom stereocenters. The number of pyridine rings is 1. The summed E-state index contributed by atoms with van der Waals surface area (Å²) in [5, 5.41) is 4.06. The van der Waals surface area contributed by atoms with Gasteiger partial charge in [0, 0.05) is 53.4 Å². The Balaban J connectivity index is 1.41. The summed E-state index contributed by atoms with van der Waals surface area (Å²) >= 11 is 6.08. The third-order valence-electron chi connectivity index (χ3n) is 6.69. The lowest BCUT2D eigenvalue weighted by atomic mass is 9.95. The van der Waals surface area contributed by atoms with Crippen molar-refractivity contribution in [1.29, 1.82) is 0 Å². The normalized spacial score (nSPS) is 14.1. The van der Waals surface area contributed by atoms with Gasteiger partial charge in [-0.3, -0.25) is 14.7 Å². The summed E-state index contributed by atoms with van der Waals surface area (Å²) < 4.78 is 5.74. The molecule has 0 fully saturated rings. The second-order valence-electron chi connectivity index (χ2n) is 9.37. The van der Waals surface area contributed by atoms with E-state index in [2.05, 4.69) is 22.3 Å². The number of nitrogens with zero attached hydrogens (tertiary/aromatic N) is 2. The van der Waals surface area contributed by atoms with Gasteiger partial charge < -0.3 is 10.1 Å². The van der Waals surface area contributed by atoms with Crippen LogP contribution >= 0.6 is 11.6 Å². The zero-order valence-corrected chi connectivity index (χ0v) is 21.6. The molecule has 1 aliphatic heterocycles. The summed E-state index contributed by atoms with van der Waals surface area (Å²) in [6.45, 7) is 5.65. The lowest BCUT2D eigenvalue weighted by molar-refractivity contribution is -0.123. The first-order valence-electron chi connectivity index (χ1n) is 12.3. The number of rotatable bonds is 6. The molecule has 2 heterocycles. The van der Waals surface area contributed by atoms with Crippen LogP contribution in [-0.2, 0) is 29.0 Å². The summed E-state index contributed by atoms with van der Waals surface area (Å²) in [4.78, 5) is 33.7. The number of aromatic nitrogens is 1. The number of nitrogens with one attached hydrogen (secondary N) is 1. The Bertz CT molecular complexity index is 1470. The van der Waals surface area contributed by atoms with Crippen LogP contribution in [0.15, 0.2) is 72.8 Å². The second kappa shape index (κ2) is 10.7. The van der Waals surface area contributed by atoms with Gasteiger partial charge in [0.1, 0.15) is 0 Å². The van der Waals surface area contributed by atoms with Crippen molar-refractivity contribution in [3.63, 3.8) is 0 Å². The van der Waals surface area contributed by atoms with E-state index in [1.807, 2.05) is 55.5 Å². The van der Waals surface area contributed by atoms with Gasteiger partial charge in [0.05, 0.1) is 11.1 Å². The monoisotopic (exact) mass is 513 g/mol. The quantitative estimate of drug-likeness (QED) is 0.323. The van der Waals surface area contributed by atoms with Crippen LogP contribution in [0.2, 0.25) is 5.02 Å². The zero-order chi connectivity index (χ0) is 25.9. The Kier molecular flexibility index (Phi) is 7.22. The van der Waals surface area contributed by atoms with Gasteiger partial charge in [0.15, 0.2) is 6.10 Å². The highest BCUT2D eigenvalue weighted by molar-refractivity contribution is 6.31.